The first-order valence-corrected chi connectivity index (χ1v) is 11.8. The van der Waals surface area contributed by atoms with Crippen LogP contribution in [0.4, 0.5) is 22.8 Å². The number of fused-ring (bicyclic) bond motifs is 2. The van der Waals surface area contributed by atoms with Gasteiger partial charge in [-0.25, -0.2) is 9.59 Å². The van der Waals surface area contributed by atoms with Gasteiger partial charge in [-0.1, -0.05) is 30.3 Å². The number of halogens is 3. The highest BCUT2D eigenvalue weighted by atomic mass is 32.2. The highest BCUT2D eigenvalue weighted by Crippen LogP contribution is 2.34. The molecule has 188 valence electrons. The van der Waals surface area contributed by atoms with E-state index in [0.29, 0.717) is 0 Å². The number of carbonyl (C=O) groups is 2. The summed E-state index contributed by atoms with van der Waals surface area (Å²) in [6, 6.07) is 7.06. The number of rotatable bonds is 4. The fourth-order valence-corrected chi connectivity index (χ4v) is 4.12. The molecule has 0 aliphatic carbocycles. The summed E-state index contributed by atoms with van der Waals surface area (Å²) in [6.45, 7) is 4.70. The van der Waals surface area contributed by atoms with Gasteiger partial charge in [-0.2, -0.15) is 21.6 Å². The number of alkyl halides is 3. The van der Waals surface area contributed by atoms with Gasteiger partial charge in [0.15, 0.2) is 0 Å². The predicted octanol–water partition coefficient (Wildman–Crippen LogP) is 3.77. The Labute approximate surface area is 195 Å². The van der Waals surface area contributed by atoms with Crippen molar-refractivity contribution in [3.05, 3.63) is 47.7 Å². The Hall–Kier alpha value is -2.96. The van der Waals surface area contributed by atoms with Crippen LogP contribution in [0.2, 0.25) is 0 Å². The van der Waals surface area contributed by atoms with Crippen molar-refractivity contribution in [2.45, 2.75) is 57.0 Å². The molecule has 2 atom stereocenters. The molecule has 2 aliphatic heterocycles. The van der Waals surface area contributed by atoms with Gasteiger partial charge in [0.1, 0.15) is 18.0 Å². The minimum Gasteiger partial charge on any atom is -0.445 e. The van der Waals surface area contributed by atoms with Crippen molar-refractivity contribution in [3.63, 3.8) is 0 Å². The first kappa shape index (κ1) is 25.7. The van der Waals surface area contributed by atoms with Crippen molar-refractivity contribution in [1.29, 1.82) is 0 Å². The lowest BCUT2D eigenvalue weighted by atomic mass is 9.96. The van der Waals surface area contributed by atoms with Gasteiger partial charge in [0.2, 0.25) is 0 Å². The van der Waals surface area contributed by atoms with Crippen LogP contribution in [0.5, 0.6) is 0 Å². The number of hydrogen-bond acceptors (Lipinski definition) is 7. The highest BCUT2D eigenvalue weighted by molar-refractivity contribution is 7.87. The molecule has 2 bridgehead atoms. The van der Waals surface area contributed by atoms with Crippen molar-refractivity contribution >= 4 is 22.3 Å². The second-order valence-corrected chi connectivity index (χ2v) is 10.4. The number of nitrogens with zero attached hydrogens (tertiary/aromatic N) is 2. The van der Waals surface area contributed by atoms with E-state index < -0.39 is 51.3 Å². The van der Waals surface area contributed by atoms with Crippen LogP contribution in [0, 0.1) is 0 Å². The molecule has 34 heavy (non-hydrogen) atoms. The summed E-state index contributed by atoms with van der Waals surface area (Å²) in [5.41, 5.74) is -5.69. The van der Waals surface area contributed by atoms with E-state index in [9.17, 15) is 31.2 Å². The maximum Gasteiger partial charge on any atom is 0.534 e. The largest absolute Gasteiger partial charge is 0.534 e. The van der Waals surface area contributed by atoms with Crippen molar-refractivity contribution in [2.24, 2.45) is 0 Å². The monoisotopic (exact) mass is 506 g/mol. The van der Waals surface area contributed by atoms with E-state index in [4.69, 9.17) is 9.47 Å². The van der Waals surface area contributed by atoms with Crippen molar-refractivity contribution in [1.82, 2.24) is 9.80 Å². The Balaban J connectivity index is 1.79. The van der Waals surface area contributed by atoms with Crippen LogP contribution in [0.3, 0.4) is 0 Å². The van der Waals surface area contributed by atoms with Crippen LogP contribution in [-0.2, 0) is 30.4 Å². The molecule has 1 aromatic carbocycles. The van der Waals surface area contributed by atoms with E-state index in [2.05, 4.69) is 4.18 Å². The fraction of sp³-hybridized carbons (Fsp3) is 0.524. The molecule has 0 spiro atoms. The van der Waals surface area contributed by atoms with Crippen molar-refractivity contribution in [2.75, 3.05) is 13.1 Å². The number of ether oxygens (including phenoxy) is 2. The van der Waals surface area contributed by atoms with Crippen LogP contribution in [0.25, 0.3) is 0 Å². The molecule has 1 fully saturated rings. The molecule has 0 aromatic heterocycles. The van der Waals surface area contributed by atoms with Crippen LogP contribution < -0.4 is 0 Å². The number of carbonyl (C=O) groups excluding carboxylic acids is 2. The van der Waals surface area contributed by atoms with E-state index in [1.807, 2.05) is 6.07 Å². The lowest BCUT2D eigenvalue weighted by Crippen LogP contribution is -2.63. The lowest BCUT2D eigenvalue weighted by molar-refractivity contribution is -0.0537. The van der Waals surface area contributed by atoms with Gasteiger partial charge >= 0.3 is 27.8 Å². The minimum absolute atomic E-state index is 0.00924. The van der Waals surface area contributed by atoms with Crippen LogP contribution in [0.1, 0.15) is 32.8 Å². The standard InChI is InChI=1S/C21H25F3N2O7S/c1-20(2,3)32-19(28)26-15-9-17(33-34(29,30)21(22,23)24)10-16(26)12-25(11-15)18(27)31-13-14-7-5-4-6-8-14/h4-9,15-16H,10-13H2,1-3H3. The fourth-order valence-electron chi connectivity index (χ4n) is 3.62. The molecule has 2 heterocycles. The average Bonchev–Trinajstić information content (AvgIpc) is 2.69. The quantitative estimate of drug-likeness (QED) is 0.453. The van der Waals surface area contributed by atoms with Crippen LogP contribution in [-0.4, -0.2) is 66.7 Å². The third-order valence-electron chi connectivity index (χ3n) is 4.97. The molecule has 1 aromatic rings. The molecule has 1 saturated heterocycles. The van der Waals surface area contributed by atoms with Gasteiger partial charge in [0.05, 0.1) is 12.1 Å². The van der Waals surface area contributed by atoms with Crippen LogP contribution >= 0.6 is 0 Å². The Morgan fingerprint density at radius 2 is 1.71 bits per heavy atom. The summed E-state index contributed by atoms with van der Waals surface area (Å²) in [4.78, 5) is 28.0. The summed E-state index contributed by atoms with van der Waals surface area (Å²) >= 11 is 0. The number of benzene rings is 1. The molecular weight excluding hydrogens is 481 g/mol. The van der Waals surface area contributed by atoms with E-state index >= 15 is 0 Å². The third-order valence-corrected chi connectivity index (χ3v) is 5.97. The minimum atomic E-state index is -5.87. The average molecular weight is 506 g/mol. The van der Waals surface area contributed by atoms with Crippen LogP contribution in [0.15, 0.2) is 42.2 Å². The molecule has 0 radical (unpaired) electrons. The molecule has 0 N–H and O–H groups in total. The molecule has 13 heteroatoms. The zero-order valence-corrected chi connectivity index (χ0v) is 19.6. The van der Waals surface area contributed by atoms with E-state index in [1.165, 1.54) is 9.80 Å². The van der Waals surface area contributed by atoms with E-state index in [-0.39, 0.29) is 26.1 Å². The van der Waals surface area contributed by atoms with Gasteiger partial charge in [-0.15, -0.1) is 0 Å². The number of amides is 2. The Morgan fingerprint density at radius 1 is 1.06 bits per heavy atom. The Bertz CT molecular complexity index is 1050. The summed E-state index contributed by atoms with van der Waals surface area (Å²) < 4.78 is 76.2. The molecule has 2 unspecified atom stereocenters. The molecule has 3 rings (SSSR count). The molecular formula is C21H25F3N2O7S. The molecule has 2 aliphatic rings. The molecule has 2 amide bonds. The maximum absolute atomic E-state index is 12.8. The first-order valence-electron chi connectivity index (χ1n) is 10.3. The predicted molar refractivity (Wildman–Crippen MR) is 113 cm³/mol. The summed E-state index contributed by atoms with van der Waals surface area (Å²) in [7, 11) is -5.87. The van der Waals surface area contributed by atoms with E-state index in [1.54, 1.807) is 45.0 Å². The van der Waals surface area contributed by atoms with Gasteiger partial charge in [-0.3, -0.25) is 4.90 Å². The maximum atomic E-state index is 12.8. The molecule has 0 saturated carbocycles. The zero-order valence-electron chi connectivity index (χ0n) is 18.7. The van der Waals surface area contributed by atoms with Crippen molar-refractivity contribution in [3.8, 4) is 0 Å². The SMILES string of the molecule is CC(C)(C)OC(=O)N1C2C=C(OS(=O)(=O)C(F)(F)F)CC1CN(C(=O)OCc1ccccc1)C2. The Morgan fingerprint density at radius 3 is 2.26 bits per heavy atom. The van der Waals surface area contributed by atoms with Gasteiger partial charge in [0.25, 0.3) is 0 Å². The summed E-state index contributed by atoms with van der Waals surface area (Å²) in [6.07, 6.45) is -0.703. The first-order chi connectivity index (χ1) is 15.7. The highest BCUT2D eigenvalue weighted by Gasteiger charge is 2.51. The normalized spacial score (nSPS) is 20.9. The summed E-state index contributed by atoms with van der Waals surface area (Å²) in [5, 5.41) is 0. The Kier molecular flexibility index (Phi) is 7.06. The molecule has 9 nitrogen and oxygen atoms in total. The zero-order chi connectivity index (χ0) is 25.3. The topological polar surface area (TPSA) is 102 Å². The second kappa shape index (κ2) is 9.35. The van der Waals surface area contributed by atoms with Gasteiger partial charge < -0.3 is 18.6 Å². The summed E-state index contributed by atoms with van der Waals surface area (Å²) in [5.74, 6) is -0.454. The smallest absolute Gasteiger partial charge is 0.445 e. The second-order valence-electron chi connectivity index (χ2n) is 8.87. The van der Waals surface area contributed by atoms with Crippen molar-refractivity contribution < 1.29 is 44.8 Å². The van der Waals surface area contributed by atoms with E-state index in [0.717, 1.165) is 11.6 Å². The number of piperazine rings is 1. The van der Waals surface area contributed by atoms with Gasteiger partial charge in [0, 0.05) is 19.5 Å². The third kappa shape index (κ3) is 6.13. The number of hydrogen-bond donors (Lipinski definition) is 0. The van der Waals surface area contributed by atoms with Gasteiger partial charge in [-0.05, 0) is 32.4 Å². The lowest BCUT2D eigenvalue weighted by Gasteiger charge is -2.47.